The van der Waals surface area contributed by atoms with Gasteiger partial charge in [-0.3, -0.25) is 9.58 Å². The normalized spacial score (nSPS) is 23.0. The van der Waals surface area contributed by atoms with E-state index in [9.17, 15) is 0 Å². The van der Waals surface area contributed by atoms with E-state index >= 15 is 0 Å². The summed E-state index contributed by atoms with van der Waals surface area (Å²) in [6.07, 6.45) is 9.18. The van der Waals surface area contributed by atoms with Gasteiger partial charge in [-0.05, 0) is 33.6 Å². The van der Waals surface area contributed by atoms with Crippen LogP contribution < -0.4 is 5.32 Å². The lowest BCUT2D eigenvalue weighted by Crippen LogP contribution is -2.61. The van der Waals surface area contributed by atoms with E-state index < -0.39 is 0 Å². The van der Waals surface area contributed by atoms with Gasteiger partial charge in [0.05, 0.1) is 5.69 Å². The molecule has 1 saturated heterocycles. The number of aromatic nitrogens is 2. The lowest BCUT2D eigenvalue weighted by molar-refractivity contribution is 0.0207. The highest BCUT2D eigenvalue weighted by molar-refractivity contribution is 5.17. The Balaban J connectivity index is 1.78. The first-order valence-corrected chi connectivity index (χ1v) is 8.61. The summed E-state index contributed by atoms with van der Waals surface area (Å²) in [5.41, 5.74) is 3.02. The Morgan fingerprint density at radius 3 is 2.71 bits per heavy atom. The lowest BCUT2D eigenvalue weighted by Gasteiger charge is -2.50. The maximum absolute atomic E-state index is 4.68. The molecule has 1 saturated carbocycles. The molecule has 0 atom stereocenters. The summed E-state index contributed by atoms with van der Waals surface area (Å²) in [5.74, 6) is 0. The third-order valence-electron chi connectivity index (χ3n) is 5.38. The van der Waals surface area contributed by atoms with E-state index in [-0.39, 0.29) is 0 Å². The van der Waals surface area contributed by atoms with Crippen molar-refractivity contribution in [2.24, 2.45) is 0 Å². The Morgan fingerprint density at radius 2 is 2.05 bits per heavy atom. The van der Waals surface area contributed by atoms with Crippen molar-refractivity contribution in [1.82, 2.24) is 20.0 Å². The third-order valence-corrected chi connectivity index (χ3v) is 5.38. The third kappa shape index (κ3) is 3.02. The molecule has 21 heavy (non-hydrogen) atoms. The van der Waals surface area contributed by atoms with Crippen LogP contribution in [-0.4, -0.2) is 39.9 Å². The zero-order valence-corrected chi connectivity index (χ0v) is 13.9. The minimum atomic E-state index is 0.406. The van der Waals surface area contributed by atoms with Crippen LogP contribution in [0.1, 0.15) is 63.3 Å². The fourth-order valence-electron chi connectivity index (χ4n) is 3.98. The van der Waals surface area contributed by atoms with Gasteiger partial charge in [0.1, 0.15) is 0 Å². The Hall–Kier alpha value is -0.870. The number of hydrogen-bond donors (Lipinski definition) is 1. The van der Waals surface area contributed by atoms with E-state index in [1.54, 1.807) is 0 Å². The Bertz CT molecular complexity index is 463. The molecule has 0 amide bonds. The van der Waals surface area contributed by atoms with Crippen molar-refractivity contribution in [3.8, 4) is 0 Å². The van der Waals surface area contributed by atoms with Crippen molar-refractivity contribution in [1.29, 1.82) is 0 Å². The summed E-state index contributed by atoms with van der Waals surface area (Å²) >= 11 is 0. The van der Waals surface area contributed by atoms with Crippen molar-refractivity contribution < 1.29 is 0 Å². The second-order valence-corrected chi connectivity index (χ2v) is 7.20. The molecule has 1 aromatic rings. The maximum atomic E-state index is 4.68. The van der Waals surface area contributed by atoms with Gasteiger partial charge in [0.15, 0.2) is 0 Å². The van der Waals surface area contributed by atoms with Crippen LogP contribution in [0.5, 0.6) is 0 Å². The molecule has 2 fully saturated rings. The van der Waals surface area contributed by atoms with Gasteiger partial charge in [0, 0.05) is 49.5 Å². The number of hydrogen-bond acceptors (Lipinski definition) is 3. The number of piperazine rings is 1. The molecule has 1 N–H and O–H groups in total. The van der Waals surface area contributed by atoms with E-state index in [2.05, 4.69) is 47.0 Å². The highest BCUT2D eigenvalue weighted by atomic mass is 15.3. The van der Waals surface area contributed by atoms with Gasteiger partial charge in [-0.1, -0.05) is 19.3 Å². The topological polar surface area (TPSA) is 33.1 Å². The van der Waals surface area contributed by atoms with Crippen molar-refractivity contribution in [3.63, 3.8) is 0 Å². The van der Waals surface area contributed by atoms with Gasteiger partial charge in [-0.25, -0.2) is 0 Å². The summed E-state index contributed by atoms with van der Waals surface area (Å²) in [6, 6.07) is 0.448. The molecule has 118 valence electrons. The molecule has 0 aromatic carbocycles. The van der Waals surface area contributed by atoms with Crippen LogP contribution >= 0.6 is 0 Å². The van der Waals surface area contributed by atoms with E-state index in [1.165, 1.54) is 56.5 Å². The second kappa shape index (κ2) is 6.09. The lowest BCUT2D eigenvalue weighted by atomic mass is 9.79. The average molecular weight is 290 g/mol. The van der Waals surface area contributed by atoms with Crippen LogP contribution in [0.2, 0.25) is 0 Å². The molecule has 4 nitrogen and oxygen atoms in total. The molecule has 2 aliphatic rings. The monoisotopic (exact) mass is 290 g/mol. The molecule has 1 aliphatic heterocycles. The second-order valence-electron chi connectivity index (χ2n) is 7.20. The van der Waals surface area contributed by atoms with Crippen LogP contribution in [0.25, 0.3) is 0 Å². The zero-order chi connectivity index (χ0) is 14.9. The smallest absolute Gasteiger partial charge is 0.0638 e. The van der Waals surface area contributed by atoms with Crippen molar-refractivity contribution in [2.45, 2.75) is 71.0 Å². The molecule has 1 aromatic heterocycles. The summed E-state index contributed by atoms with van der Waals surface area (Å²) in [5, 5.41) is 8.32. The fourth-order valence-corrected chi connectivity index (χ4v) is 3.98. The van der Waals surface area contributed by atoms with Crippen LogP contribution in [-0.2, 0) is 6.54 Å². The van der Waals surface area contributed by atoms with Crippen molar-refractivity contribution in [2.75, 3.05) is 19.6 Å². The van der Waals surface area contributed by atoms with Crippen molar-refractivity contribution >= 4 is 0 Å². The van der Waals surface area contributed by atoms with Gasteiger partial charge >= 0.3 is 0 Å². The standard InChI is InChI=1S/C17H30N4/c1-14(2)21-12-16(15(3)19-21)11-20-10-9-18-13-17(20)7-5-4-6-8-17/h12,14,18H,4-11,13H2,1-3H3. The molecular formula is C17H30N4. The maximum Gasteiger partial charge on any atom is 0.0638 e. The quantitative estimate of drug-likeness (QED) is 0.929. The first kappa shape index (κ1) is 15.0. The Morgan fingerprint density at radius 1 is 1.29 bits per heavy atom. The first-order valence-electron chi connectivity index (χ1n) is 8.61. The number of aryl methyl sites for hydroxylation is 1. The van der Waals surface area contributed by atoms with Crippen LogP contribution in [0.3, 0.4) is 0 Å². The largest absolute Gasteiger partial charge is 0.314 e. The van der Waals surface area contributed by atoms with E-state index in [0.29, 0.717) is 11.6 Å². The average Bonchev–Trinajstić information content (AvgIpc) is 2.84. The molecule has 4 heteroatoms. The summed E-state index contributed by atoms with van der Waals surface area (Å²) in [7, 11) is 0. The molecule has 0 unspecified atom stereocenters. The highest BCUT2D eigenvalue weighted by Gasteiger charge is 2.39. The number of nitrogens with one attached hydrogen (secondary N) is 1. The SMILES string of the molecule is Cc1nn(C(C)C)cc1CN1CCNCC12CCCCC2. The first-order chi connectivity index (χ1) is 10.1. The predicted octanol–water partition coefficient (Wildman–Crippen LogP) is 2.88. The minimum Gasteiger partial charge on any atom is -0.314 e. The number of nitrogens with zero attached hydrogens (tertiary/aromatic N) is 3. The molecule has 0 bridgehead atoms. The van der Waals surface area contributed by atoms with Gasteiger partial charge < -0.3 is 5.32 Å². The summed E-state index contributed by atoms with van der Waals surface area (Å²) in [6.45, 7) is 11.1. The van der Waals surface area contributed by atoms with E-state index in [4.69, 9.17) is 0 Å². The highest BCUT2D eigenvalue weighted by Crippen LogP contribution is 2.35. The Labute approximate surface area is 128 Å². The molecule has 1 aliphatic carbocycles. The molecule has 0 radical (unpaired) electrons. The van der Waals surface area contributed by atoms with Crippen LogP contribution in [0.4, 0.5) is 0 Å². The van der Waals surface area contributed by atoms with Gasteiger partial charge in [-0.15, -0.1) is 0 Å². The molecular weight excluding hydrogens is 260 g/mol. The Kier molecular flexibility index (Phi) is 4.36. The summed E-state index contributed by atoms with van der Waals surface area (Å²) in [4.78, 5) is 2.75. The van der Waals surface area contributed by atoms with Crippen LogP contribution in [0, 0.1) is 6.92 Å². The zero-order valence-electron chi connectivity index (χ0n) is 13.9. The van der Waals surface area contributed by atoms with Crippen molar-refractivity contribution in [3.05, 3.63) is 17.5 Å². The molecule has 1 spiro atoms. The minimum absolute atomic E-state index is 0.406. The molecule has 2 heterocycles. The number of rotatable bonds is 3. The van der Waals surface area contributed by atoms with Gasteiger partial charge in [-0.2, -0.15) is 5.10 Å². The van der Waals surface area contributed by atoms with Crippen LogP contribution in [0.15, 0.2) is 6.20 Å². The predicted molar refractivity (Wildman–Crippen MR) is 86.4 cm³/mol. The van der Waals surface area contributed by atoms with E-state index in [0.717, 1.165) is 13.1 Å². The van der Waals surface area contributed by atoms with E-state index in [1.807, 2.05) is 0 Å². The summed E-state index contributed by atoms with van der Waals surface area (Å²) < 4.78 is 2.11. The fraction of sp³-hybridized carbons (Fsp3) is 0.824. The van der Waals surface area contributed by atoms with Gasteiger partial charge in [0.25, 0.3) is 0 Å². The van der Waals surface area contributed by atoms with Gasteiger partial charge in [0.2, 0.25) is 0 Å². The molecule has 3 rings (SSSR count).